The second-order valence-electron chi connectivity index (χ2n) is 8.36. The van der Waals surface area contributed by atoms with Crippen molar-refractivity contribution in [1.82, 2.24) is 30.2 Å². The highest BCUT2D eigenvalue weighted by Gasteiger charge is 2.39. The lowest BCUT2D eigenvalue weighted by Crippen LogP contribution is -2.52. The molecule has 1 saturated heterocycles. The summed E-state index contributed by atoms with van der Waals surface area (Å²) in [4.78, 5) is 54.9. The fourth-order valence-corrected chi connectivity index (χ4v) is 4.24. The predicted octanol–water partition coefficient (Wildman–Crippen LogP) is 1.19. The Morgan fingerprint density at radius 2 is 2.06 bits per heavy atom. The molecule has 178 valence electrons. The van der Waals surface area contributed by atoms with Gasteiger partial charge in [-0.2, -0.15) is 0 Å². The number of carbonyl (C=O) groups excluding carboxylic acids is 4. The Morgan fingerprint density at radius 1 is 1.23 bits per heavy atom. The van der Waals surface area contributed by atoms with Gasteiger partial charge in [-0.25, -0.2) is 14.1 Å². The van der Waals surface area contributed by atoms with Crippen LogP contribution in [0.25, 0.3) is 11.4 Å². The molecule has 35 heavy (non-hydrogen) atoms. The van der Waals surface area contributed by atoms with Gasteiger partial charge in [0, 0.05) is 35.5 Å². The van der Waals surface area contributed by atoms with E-state index in [2.05, 4.69) is 25.9 Å². The number of hydrogen-bond acceptors (Lipinski definition) is 7. The summed E-state index contributed by atoms with van der Waals surface area (Å²) in [6, 6.07) is 7.02. The monoisotopic (exact) mass is 477 g/mol. The molecule has 12 heteroatoms. The number of benzene rings is 1. The first-order chi connectivity index (χ1) is 16.8. The molecule has 3 aromatic rings. The molecule has 5 rings (SSSR count). The number of aromatic nitrogens is 4. The summed E-state index contributed by atoms with van der Waals surface area (Å²) < 4.78 is 15.4. The molecule has 4 amide bonds. The van der Waals surface area contributed by atoms with Crippen LogP contribution in [0.15, 0.2) is 36.5 Å². The van der Waals surface area contributed by atoms with Gasteiger partial charge in [0.15, 0.2) is 5.82 Å². The first kappa shape index (κ1) is 22.3. The Morgan fingerprint density at radius 3 is 2.86 bits per heavy atom. The number of piperidine rings is 1. The molecule has 11 nitrogen and oxygen atoms in total. The van der Waals surface area contributed by atoms with E-state index >= 15 is 0 Å². The Kier molecular flexibility index (Phi) is 5.55. The van der Waals surface area contributed by atoms with Crippen molar-refractivity contribution in [3.63, 3.8) is 0 Å². The zero-order valence-corrected chi connectivity index (χ0v) is 18.6. The van der Waals surface area contributed by atoms with Crippen LogP contribution in [0.3, 0.4) is 0 Å². The van der Waals surface area contributed by atoms with E-state index in [0.717, 1.165) is 0 Å². The lowest BCUT2D eigenvalue weighted by molar-refractivity contribution is -0.137. The topological polar surface area (TPSA) is 139 Å². The van der Waals surface area contributed by atoms with E-state index in [9.17, 15) is 23.6 Å². The van der Waals surface area contributed by atoms with Crippen LogP contribution in [0.4, 0.5) is 10.1 Å². The van der Waals surface area contributed by atoms with E-state index in [1.807, 2.05) is 0 Å². The van der Waals surface area contributed by atoms with Gasteiger partial charge >= 0.3 is 0 Å². The van der Waals surface area contributed by atoms with Gasteiger partial charge in [0.25, 0.3) is 5.91 Å². The van der Waals surface area contributed by atoms with Crippen molar-refractivity contribution in [3.05, 3.63) is 59.2 Å². The highest BCUT2D eigenvalue weighted by molar-refractivity contribution is 6.06. The van der Waals surface area contributed by atoms with Crippen molar-refractivity contribution < 1.29 is 23.6 Å². The molecule has 0 bridgehead atoms. The summed E-state index contributed by atoms with van der Waals surface area (Å²) in [6.45, 7) is 1.66. The molecule has 0 radical (unpaired) electrons. The minimum Gasteiger partial charge on any atom is -0.324 e. The number of halogens is 1. The molecule has 0 aliphatic carbocycles. The summed E-state index contributed by atoms with van der Waals surface area (Å²) in [6.07, 6.45) is 1.83. The fourth-order valence-electron chi connectivity index (χ4n) is 4.24. The highest BCUT2D eigenvalue weighted by Crippen LogP contribution is 2.32. The largest absolute Gasteiger partial charge is 0.324 e. The van der Waals surface area contributed by atoms with Gasteiger partial charge < -0.3 is 10.2 Å². The molecule has 1 aromatic carbocycles. The summed E-state index contributed by atoms with van der Waals surface area (Å²) in [7, 11) is 0. The molecule has 1 fully saturated rings. The van der Waals surface area contributed by atoms with E-state index in [0.29, 0.717) is 22.5 Å². The number of rotatable bonds is 5. The standard InChI is InChI=1S/C23H20FN7O4/c1-12-5-6-15(24)21(25-12)17-10-30(29-28-17)11-20(33)26-16-4-2-3-13-14(16)9-31(23(13)35)18-7-8-19(32)27-22(18)34/h2-6,10,18H,7-9,11H2,1H3,(H,26,33)(H,27,32,34). The SMILES string of the molecule is Cc1ccc(F)c(-c2cn(CC(=O)Nc3cccc4c3CN(C3CCC(=O)NC3=O)C4=O)nn2)n1. The summed E-state index contributed by atoms with van der Waals surface area (Å²) >= 11 is 0. The number of imide groups is 1. The first-order valence-electron chi connectivity index (χ1n) is 10.9. The van der Waals surface area contributed by atoms with Crippen LogP contribution in [0.1, 0.15) is 34.5 Å². The fraction of sp³-hybridized carbons (Fsp3) is 0.261. The van der Waals surface area contributed by atoms with Gasteiger partial charge in [-0.3, -0.25) is 24.5 Å². The first-order valence-corrected chi connectivity index (χ1v) is 10.9. The van der Waals surface area contributed by atoms with Gasteiger partial charge in [-0.15, -0.1) is 5.10 Å². The maximum Gasteiger partial charge on any atom is 0.255 e. The maximum atomic E-state index is 14.1. The third-order valence-corrected chi connectivity index (χ3v) is 5.93. The molecule has 1 atom stereocenters. The number of anilines is 1. The molecule has 2 aliphatic rings. The highest BCUT2D eigenvalue weighted by atomic mass is 19.1. The molecule has 2 aliphatic heterocycles. The Balaban J connectivity index is 1.30. The average molecular weight is 477 g/mol. The average Bonchev–Trinajstić information content (AvgIpc) is 3.41. The van der Waals surface area contributed by atoms with Crippen LogP contribution >= 0.6 is 0 Å². The molecular formula is C23H20FN7O4. The van der Waals surface area contributed by atoms with Crippen LogP contribution in [0, 0.1) is 12.7 Å². The lowest BCUT2D eigenvalue weighted by Gasteiger charge is -2.29. The van der Waals surface area contributed by atoms with Gasteiger partial charge in [-0.1, -0.05) is 11.3 Å². The van der Waals surface area contributed by atoms with Crippen molar-refractivity contribution in [2.75, 3.05) is 5.32 Å². The smallest absolute Gasteiger partial charge is 0.255 e. The van der Waals surface area contributed by atoms with E-state index < -0.39 is 23.7 Å². The van der Waals surface area contributed by atoms with Crippen molar-refractivity contribution in [3.8, 4) is 11.4 Å². The van der Waals surface area contributed by atoms with Crippen LogP contribution in [0.5, 0.6) is 0 Å². The van der Waals surface area contributed by atoms with Gasteiger partial charge in [0.05, 0.1) is 6.20 Å². The minimum atomic E-state index is -0.750. The number of aryl methyl sites for hydroxylation is 1. The van der Waals surface area contributed by atoms with Crippen LogP contribution < -0.4 is 10.6 Å². The second-order valence-corrected chi connectivity index (χ2v) is 8.36. The third-order valence-electron chi connectivity index (χ3n) is 5.93. The van der Waals surface area contributed by atoms with Crippen molar-refractivity contribution in [2.45, 2.75) is 38.9 Å². The third kappa shape index (κ3) is 4.25. The predicted molar refractivity (Wildman–Crippen MR) is 119 cm³/mol. The number of nitrogens with one attached hydrogen (secondary N) is 2. The quantitative estimate of drug-likeness (QED) is 0.526. The molecule has 4 heterocycles. The maximum absolute atomic E-state index is 14.1. The number of nitrogens with zero attached hydrogens (tertiary/aromatic N) is 5. The number of hydrogen-bond donors (Lipinski definition) is 2. The molecule has 0 saturated carbocycles. The number of pyridine rings is 1. The zero-order chi connectivity index (χ0) is 24.7. The van der Waals surface area contributed by atoms with Gasteiger partial charge in [0.1, 0.15) is 24.0 Å². The van der Waals surface area contributed by atoms with E-state index in [1.165, 1.54) is 21.8 Å². The number of fused-ring (bicyclic) bond motifs is 1. The molecule has 1 unspecified atom stereocenters. The summed E-state index contributed by atoms with van der Waals surface area (Å²) in [5.41, 5.74) is 2.27. The number of amides is 4. The summed E-state index contributed by atoms with van der Waals surface area (Å²) in [5.74, 6) is -2.18. The number of carbonyl (C=O) groups is 4. The van der Waals surface area contributed by atoms with E-state index in [-0.39, 0.29) is 49.1 Å². The molecule has 0 spiro atoms. The van der Waals surface area contributed by atoms with E-state index in [4.69, 9.17) is 0 Å². The molecule has 2 N–H and O–H groups in total. The van der Waals surface area contributed by atoms with Crippen molar-refractivity contribution >= 4 is 29.3 Å². The molecule has 2 aromatic heterocycles. The zero-order valence-electron chi connectivity index (χ0n) is 18.6. The van der Waals surface area contributed by atoms with Crippen molar-refractivity contribution in [2.24, 2.45) is 0 Å². The van der Waals surface area contributed by atoms with Crippen LogP contribution in [-0.2, 0) is 27.5 Å². The Hall–Kier alpha value is -4.48. The summed E-state index contributed by atoms with van der Waals surface area (Å²) in [5, 5.41) is 12.8. The van der Waals surface area contributed by atoms with Gasteiger partial charge in [0.2, 0.25) is 17.7 Å². The lowest BCUT2D eigenvalue weighted by atomic mass is 10.0. The van der Waals surface area contributed by atoms with Crippen LogP contribution in [0.2, 0.25) is 0 Å². The molecular weight excluding hydrogens is 457 g/mol. The Bertz CT molecular complexity index is 1390. The Labute approximate surface area is 198 Å². The van der Waals surface area contributed by atoms with Crippen LogP contribution in [-0.4, -0.2) is 54.5 Å². The van der Waals surface area contributed by atoms with Gasteiger partial charge in [-0.05, 0) is 37.6 Å². The van der Waals surface area contributed by atoms with E-state index in [1.54, 1.807) is 31.2 Å². The minimum absolute atomic E-state index is 0.0459. The second kappa shape index (κ2) is 8.70. The van der Waals surface area contributed by atoms with Crippen molar-refractivity contribution in [1.29, 1.82) is 0 Å². The normalized spacial score (nSPS) is 17.4.